The highest BCUT2D eigenvalue weighted by molar-refractivity contribution is 5.15. The minimum Gasteiger partial charge on any atom is -0.396 e. The fourth-order valence-corrected chi connectivity index (χ4v) is 2.70. The highest BCUT2D eigenvalue weighted by Gasteiger charge is 2.37. The Morgan fingerprint density at radius 2 is 2.06 bits per heavy atom. The van der Waals surface area contributed by atoms with E-state index in [2.05, 4.69) is 49.1 Å². The van der Waals surface area contributed by atoms with Crippen molar-refractivity contribution in [1.82, 2.24) is 4.90 Å². The SMILES string of the molecule is C[C@H]1C[C@@](C)(CO)CN1Cc1ccccc1. The minimum atomic E-state index is 0.0915. The van der Waals surface area contributed by atoms with E-state index in [1.165, 1.54) is 5.56 Å². The highest BCUT2D eigenvalue weighted by Crippen LogP contribution is 2.34. The van der Waals surface area contributed by atoms with Gasteiger partial charge in [-0.15, -0.1) is 0 Å². The number of nitrogens with zero attached hydrogens (tertiary/aromatic N) is 1. The zero-order valence-corrected chi connectivity index (χ0v) is 10.2. The molecule has 0 radical (unpaired) electrons. The van der Waals surface area contributed by atoms with Crippen molar-refractivity contribution < 1.29 is 5.11 Å². The van der Waals surface area contributed by atoms with Gasteiger partial charge in [0.1, 0.15) is 0 Å². The van der Waals surface area contributed by atoms with Gasteiger partial charge in [0.2, 0.25) is 0 Å². The molecule has 1 N–H and O–H groups in total. The van der Waals surface area contributed by atoms with Crippen LogP contribution in [0.5, 0.6) is 0 Å². The van der Waals surface area contributed by atoms with Crippen molar-refractivity contribution in [2.75, 3.05) is 13.2 Å². The quantitative estimate of drug-likeness (QED) is 0.843. The maximum absolute atomic E-state index is 9.40. The monoisotopic (exact) mass is 219 g/mol. The second kappa shape index (κ2) is 4.56. The van der Waals surface area contributed by atoms with Crippen LogP contribution in [0.25, 0.3) is 0 Å². The Hall–Kier alpha value is -0.860. The molecule has 0 aliphatic carbocycles. The van der Waals surface area contributed by atoms with Crippen LogP contribution in [-0.4, -0.2) is 29.2 Å². The van der Waals surface area contributed by atoms with Crippen LogP contribution >= 0.6 is 0 Å². The summed E-state index contributed by atoms with van der Waals surface area (Å²) in [4.78, 5) is 2.46. The van der Waals surface area contributed by atoms with Gasteiger partial charge in [0.25, 0.3) is 0 Å². The van der Waals surface area contributed by atoms with Gasteiger partial charge in [0.15, 0.2) is 0 Å². The van der Waals surface area contributed by atoms with Crippen LogP contribution in [0.2, 0.25) is 0 Å². The normalized spacial score (nSPS) is 30.8. The predicted octanol–water partition coefficient (Wildman–Crippen LogP) is 2.28. The van der Waals surface area contributed by atoms with Crippen LogP contribution in [0.3, 0.4) is 0 Å². The maximum atomic E-state index is 9.40. The van der Waals surface area contributed by atoms with Gasteiger partial charge in [-0.1, -0.05) is 37.3 Å². The van der Waals surface area contributed by atoms with Gasteiger partial charge >= 0.3 is 0 Å². The number of hydrogen-bond donors (Lipinski definition) is 1. The Balaban J connectivity index is 2.02. The van der Waals surface area contributed by atoms with Crippen molar-refractivity contribution in [2.24, 2.45) is 5.41 Å². The number of rotatable bonds is 3. The molecule has 1 heterocycles. The molecule has 1 saturated heterocycles. The molecule has 1 aliphatic rings. The number of aliphatic hydroxyl groups is 1. The first kappa shape index (κ1) is 11.6. The standard InChI is InChI=1S/C14H21NO/c1-12-8-14(2,11-16)10-15(12)9-13-6-4-3-5-7-13/h3-7,12,16H,8-11H2,1-2H3/t12-,14+/m0/s1. The number of likely N-dealkylation sites (tertiary alicyclic amines) is 1. The lowest BCUT2D eigenvalue weighted by molar-refractivity contribution is 0.143. The fourth-order valence-electron chi connectivity index (χ4n) is 2.70. The van der Waals surface area contributed by atoms with E-state index in [0.717, 1.165) is 19.5 Å². The van der Waals surface area contributed by atoms with Gasteiger partial charge in [0.05, 0.1) is 0 Å². The lowest BCUT2D eigenvalue weighted by Gasteiger charge is -2.23. The van der Waals surface area contributed by atoms with Crippen molar-refractivity contribution in [1.29, 1.82) is 0 Å². The van der Waals surface area contributed by atoms with E-state index in [9.17, 15) is 5.11 Å². The summed E-state index contributed by atoms with van der Waals surface area (Å²) in [6.07, 6.45) is 1.09. The second-order valence-electron chi connectivity index (χ2n) is 5.41. The number of aliphatic hydroxyl groups excluding tert-OH is 1. The Bertz CT molecular complexity index is 338. The van der Waals surface area contributed by atoms with Crippen LogP contribution in [0.4, 0.5) is 0 Å². The van der Waals surface area contributed by atoms with Crippen molar-refractivity contribution in [3.8, 4) is 0 Å². The van der Waals surface area contributed by atoms with Crippen molar-refractivity contribution in [3.63, 3.8) is 0 Å². The third-order valence-corrected chi connectivity index (χ3v) is 3.61. The van der Waals surface area contributed by atoms with Gasteiger partial charge in [-0.25, -0.2) is 0 Å². The van der Waals surface area contributed by atoms with E-state index in [4.69, 9.17) is 0 Å². The zero-order valence-electron chi connectivity index (χ0n) is 10.2. The summed E-state index contributed by atoms with van der Waals surface area (Å²) in [6, 6.07) is 11.1. The molecule has 1 aliphatic heterocycles. The molecule has 16 heavy (non-hydrogen) atoms. The first-order valence-corrected chi connectivity index (χ1v) is 6.02. The highest BCUT2D eigenvalue weighted by atomic mass is 16.3. The largest absolute Gasteiger partial charge is 0.396 e. The smallest absolute Gasteiger partial charge is 0.0497 e. The van der Waals surface area contributed by atoms with Crippen molar-refractivity contribution in [2.45, 2.75) is 32.9 Å². The molecule has 2 rings (SSSR count). The summed E-state index contributed by atoms with van der Waals surface area (Å²) < 4.78 is 0. The molecule has 0 aromatic heterocycles. The maximum Gasteiger partial charge on any atom is 0.0497 e. The molecular formula is C14H21NO. The molecule has 88 valence electrons. The average molecular weight is 219 g/mol. The van der Waals surface area contributed by atoms with E-state index < -0.39 is 0 Å². The molecular weight excluding hydrogens is 198 g/mol. The third-order valence-electron chi connectivity index (χ3n) is 3.61. The summed E-state index contributed by atoms with van der Waals surface area (Å²) in [5.41, 5.74) is 1.45. The summed E-state index contributed by atoms with van der Waals surface area (Å²) in [5.74, 6) is 0. The Morgan fingerprint density at radius 3 is 2.62 bits per heavy atom. The lowest BCUT2D eigenvalue weighted by Crippen LogP contribution is -2.29. The summed E-state index contributed by atoms with van der Waals surface area (Å²) >= 11 is 0. The number of benzene rings is 1. The predicted molar refractivity (Wildman–Crippen MR) is 66.1 cm³/mol. The molecule has 1 fully saturated rings. The van der Waals surface area contributed by atoms with Gasteiger partial charge in [0, 0.05) is 31.2 Å². The fraction of sp³-hybridized carbons (Fsp3) is 0.571. The minimum absolute atomic E-state index is 0.0915. The van der Waals surface area contributed by atoms with Gasteiger partial charge in [-0.3, -0.25) is 4.90 Å². The van der Waals surface area contributed by atoms with Gasteiger partial charge < -0.3 is 5.11 Å². The van der Waals surface area contributed by atoms with Crippen LogP contribution in [-0.2, 0) is 6.54 Å². The molecule has 1 aromatic carbocycles. The average Bonchev–Trinajstić information content (AvgIpc) is 2.57. The molecule has 0 amide bonds. The van der Waals surface area contributed by atoms with E-state index in [1.807, 2.05) is 0 Å². The summed E-state index contributed by atoms with van der Waals surface area (Å²) in [7, 11) is 0. The Morgan fingerprint density at radius 1 is 1.38 bits per heavy atom. The lowest BCUT2D eigenvalue weighted by atomic mass is 9.89. The third kappa shape index (κ3) is 2.45. The first-order valence-electron chi connectivity index (χ1n) is 6.02. The van der Waals surface area contributed by atoms with E-state index in [-0.39, 0.29) is 5.41 Å². The molecule has 0 unspecified atom stereocenters. The molecule has 0 spiro atoms. The number of hydrogen-bond acceptors (Lipinski definition) is 2. The molecule has 2 heteroatoms. The van der Waals surface area contributed by atoms with Crippen LogP contribution in [0, 0.1) is 5.41 Å². The Labute approximate surface area is 97.9 Å². The van der Waals surface area contributed by atoms with E-state index in [1.54, 1.807) is 0 Å². The van der Waals surface area contributed by atoms with E-state index in [0.29, 0.717) is 12.6 Å². The first-order chi connectivity index (χ1) is 7.63. The van der Waals surface area contributed by atoms with Gasteiger partial charge in [-0.2, -0.15) is 0 Å². The molecule has 0 bridgehead atoms. The Kier molecular flexibility index (Phi) is 3.31. The topological polar surface area (TPSA) is 23.5 Å². The summed E-state index contributed by atoms with van der Waals surface area (Å²) in [6.45, 7) is 6.72. The van der Waals surface area contributed by atoms with Crippen molar-refractivity contribution >= 4 is 0 Å². The zero-order chi connectivity index (χ0) is 11.6. The van der Waals surface area contributed by atoms with Crippen LogP contribution in [0.15, 0.2) is 30.3 Å². The van der Waals surface area contributed by atoms with Gasteiger partial charge in [-0.05, 0) is 18.9 Å². The van der Waals surface area contributed by atoms with Crippen LogP contribution in [0.1, 0.15) is 25.8 Å². The molecule has 0 saturated carbocycles. The molecule has 1 aromatic rings. The molecule has 2 atom stereocenters. The van der Waals surface area contributed by atoms with E-state index >= 15 is 0 Å². The molecule has 2 nitrogen and oxygen atoms in total. The summed E-state index contributed by atoms with van der Waals surface area (Å²) in [5, 5.41) is 9.40. The van der Waals surface area contributed by atoms with Crippen LogP contribution < -0.4 is 0 Å². The second-order valence-corrected chi connectivity index (χ2v) is 5.41. The van der Waals surface area contributed by atoms with Crippen molar-refractivity contribution in [3.05, 3.63) is 35.9 Å².